The molecule has 2 aliphatic rings. The minimum Gasteiger partial charge on any atom is -0.486 e. The van der Waals surface area contributed by atoms with E-state index >= 15 is 0 Å². The van der Waals surface area contributed by atoms with Crippen LogP contribution in [-0.4, -0.2) is 31.3 Å². The predicted molar refractivity (Wildman–Crippen MR) is 87.4 cm³/mol. The highest BCUT2D eigenvalue weighted by Gasteiger charge is 2.30. The van der Waals surface area contributed by atoms with E-state index in [1.807, 2.05) is 6.07 Å². The molecule has 128 valence electrons. The Bertz CT molecular complexity index is 844. The first-order valence-corrected chi connectivity index (χ1v) is 7.90. The number of fused-ring (bicyclic) bond motifs is 2. The quantitative estimate of drug-likeness (QED) is 0.805. The molecule has 2 heterocycles. The molecule has 0 saturated carbocycles. The summed E-state index contributed by atoms with van der Waals surface area (Å²) in [6.07, 6.45) is 0. The molecule has 0 bridgehead atoms. The minimum atomic E-state index is -1.13. The van der Waals surface area contributed by atoms with Crippen molar-refractivity contribution in [2.75, 3.05) is 13.2 Å². The lowest BCUT2D eigenvalue weighted by Crippen LogP contribution is -2.31. The van der Waals surface area contributed by atoms with E-state index in [9.17, 15) is 14.2 Å². The van der Waals surface area contributed by atoms with E-state index < -0.39 is 18.8 Å². The highest BCUT2D eigenvalue weighted by atomic mass is 19.1. The Kier molecular flexibility index (Phi) is 4.06. The number of halogens is 1. The molecule has 0 fully saturated rings. The minimum absolute atomic E-state index is 0.124. The van der Waals surface area contributed by atoms with Gasteiger partial charge in [0.15, 0.2) is 11.5 Å². The molecule has 0 unspecified atom stereocenters. The number of ether oxygens (including phenoxy) is 2. The molecule has 6 nitrogen and oxygen atoms in total. The molecule has 2 N–H and O–H groups in total. The van der Waals surface area contributed by atoms with Crippen LogP contribution in [0.4, 0.5) is 4.39 Å². The molecule has 8 heteroatoms. The second kappa shape index (κ2) is 6.38. The zero-order chi connectivity index (χ0) is 17.4. The number of rotatable bonds is 3. The molecule has 2 aromatic rings. The van der Waals surface area contributed by atoms with Crippen LogP contribution in [0.25, 0.3) is 0 Å². The largest absolute Gasteiger partial charge is 0.491 e. The van der Waals surface area contributed by atoms with Crippen molar-refractivity contribution in [2.24, 2.45) is 0 Å². The zero-order valence-corrected chi connectivity index (χ0v) is 13.3. The van der Waals surface area contributed by atoms with Gasteiger partial charge in [-0.05, 0) is 40.9 Å². The number of nitrogens with one attached hydrogen (secondary N) is 1. The van der Waals surface area contributed by atoms with Crippen molar-refractivity contribution in [3.05, 3.63) is 52.8 Å². The van der Waals surface area contributed by atoms with Gasteiger partial charge in [0, 0.05) is 6.54 Å². The van der Waals surface area contributed by atoms with E-state index in [1.54, 1.807) is 12.1 Å². The van der Waals surface area contributed by atoms with Crippen LogP contribution in [0.3, 0.4) is 0 Å². The Morgan fingerprint density at radius 2 is 2.00 bits per heavy atom. The smallest absolute Gasteiger partial charge is 0.486 e. The molecule has 4 rings (SSSR count). The second-order valence-electron chi connectivity index (χ2n) is 5.85. The topological polar surface area (TPSA) is 77.0 Å². The Balaban J connectivity index is 1.48. The van der Waals surface area contributed by atoms with Crippen LogP contribution in [0.15, 0.2) is 30.3 Å². The van der Waals surface area contributed by atoms with Gasteiger partial charge in [-0.15, -0.1) is 0 Å². The summed E-state index contributed by atoms with van der Waals surface area (Å²) < 4.78 is 30.1. The molecule has 0 saturated heterocycles. The molecule has 0 radical (unpaired) electrons. The van der Waals surface area contributed by atoms with Crippen LogP contribution < -0.4 is 20.3 Å². The van der Waals surface area contributed by atoms with Gasteiger partial charge in [0.2, 0.25) is 0 Å². The first kappa shape index (κ1) is 15.9. The van der Waals surface area contributed by atoms with Crippen molar-refractivity contribution in [3.63, 3.8) is 0 Å². The average molecular weight is 343 g/mol. The summed E-state index contributed by atoms with van der Waals surface area (Å²) >= 11 is 0. The van der Waals surface area contributed by atoms with Crippen molar-refractivity contribution >= 4 is 18.5 Å². The molecular weight excluding hydrogens is 328 g/mol. The highest BCUT2D eigenvalue weighted by Crippen LogP contribution is 2.30. The van der Waals surface area contributed by atoms with Crippen molar-refractivity contribution < 1.29 is 28.3 Å². The first-order valence-electron chi connectivity index (χ1n) is 7.90. The fourth-order valence-corrected chi connectivity index (χ4v) is 2.89. The molecule has 0 aliphatic carbocycles. The van der Waals surface area contributed by atoms with Crippen LogP contribution >= 0.6 is 0 Å². The fraction of sp³-hybridized carbons (Fsp3) is 0.235. The van der Waals surface area contributed by atoms with E-state index in [4.69, 9.17) is 14.1 Å². The Hall–Kier alpha value is -2.58. The van der Waals surface area contributed by atoms with Crippen molar-refractivity contribution in [2.45, 2.75) is 13.2 Å². The summed E-state index contributed by atoms with van der Waals surface area (Å²) in [7, 11) is -1.13. The maximum absolute atomic E-state index is 14.1. The summed E-state index contributed by atoms with van der Waals surface area (Å²) in [4.78, 5) is 12.3. The number of hydrogen-bond acceptors (Lipinski definition) is 5. The molecule has 1 amide bonds. The Morgan fingerprint density at radius 1 is 1.20 bits per heavy atom. The number of hydrogen-bond donors (Lipinski definition) is 2. The van der Waals surface area contributed by atoms with Gasteiger partial charge < -0.3 is 24.5 Å². The third-order valence-electron chi connectivity index (χ3n) is 4.20. The van der Waals surface area contributed by atoms with Gasteiger partial charge in [0.05, 0.1) is 12.2 Å². The molecule has 0 spiro atoms. The van der Waals surface area contributed by atoms with Gasteiger partial charge >= 0.3 is 7.12 Å². The van der Waals surface area contributed by atoms with Crippen molar-refractivity contribution in [1.82, 2.24) is 5.32 Å². The van der Waals surface area contributed by atoms with Crippen LogP contribution in [0, 0.1) is 5.82 Å². The third kappa shape index (κ3) is 3.06. The van der Waals surface area contributed by atoms with E-state index in [0.29, 0.717) is 35.7 Å². The Labute approximate surface area is 143 Å². The second-order valence-corrected chi connectivity index (χ2v) is 5.85. The molecule has 2 aliphatic heterocycles. The summed E-state index contributed by atoms with van der Waals surface area (Å²) in [6.45, 7) is 1.33. The molecular formula is C17H15BFNO5. The lowest BCUT2D eigenvalue weighted by atomic mass is 9.78. The summed E-state index contributed by atoms with van der Waals surface area (Å²) in [5, 5.41) is 12.4. The molecule has 0 aromatic heterocycles. The molecule has 0 atom stereocenters. The van der Waals surface area contributed by atoms with Crippen molar-refractivity contribution in [3.8, 4) is 11.5 Å². The van der Waals surface area contributed by atoms with Crippen LogP contribution in [0.5, 0.6) is 11.5 Å². The molecule has 25 heavy (non-hydrogen) atoms. The van der Waals surface area contributed by atoms with Gasteiger partial charge in [-0.1, -0.05) is 6.07 Å². The van der Waals surface area contributed by atoms with Gasteiger partial charge in [-0.2, -0.15) is 0 Å². The SMILES string of the molecule is O=C(NCc1ccc2c(c1)OCCO2)c1cc2c(cc1F)COB2O. The number of benzene rings is 2. The zero-order valence-electron chi connectivity index (χ0n) is 13.3. The summed E-state index contributed by atoms with van der Waals surface area (Å²) in [6, 6.07) is 7.93. The Morgan fingerprint density at radius 3 is 2.84 bits per heavy atom. The van der Waals surface area contributed by atoms with Crippen molar-refractivity contribution in [1.29, 1.82) is 0 Å². The summed E-state index contributed by atoms with van der Waals surface area (Å²) in [5.41, 5.74) is 1.66. The van der Waals surface area contributed by atoms with E-state index in [1.165, 1.54) is 12.1 Å². The monoisotopic (exact) mass is 343 g/mol. The lowest BCUT2D eigenvalue weighted by molar-refractivity contribution is 0.0947. The normalized spacial score (nSPS) is 15.0. The maximum atomic E-state index is 14.1. The molecule has 2 aromatic carbocycles. The predicted octanol–water partition coefficient (Wildman–Crippen LogP) is 0.745. The van der Waals surface area contributed by atoms with Gasteiger partial charge in [0.25, 0.3) is 5.91 Å². The van der Waals surface area contributed by atoms with E-state index in [2.05, 4.69) is 5.32 Å². The van der Waals surface area contributed by atoms with Gasteiger partial charge in [0.1, 0.15) is 19.0 Å². The summed E-state index contributed by atoms with van der Waals surface area (Å²) in [5.74, 6) is 0.0902. The van der Waals surface area contributed by atoms with Crippen LogP contribution in [0.1, 0.15) is 21.5 Å². The van der Waals surface area contributed by atoms with Gasteiger partial charge in [-0.3, -0.25) is 4.79 Å². The first-order chi connectivity index (χ1) is 12.1. The average Bonchev–Trinajstić information content (AvgIpc) is 2.98. The van der Waals surface area contributed by atoms with E-state index in [0.717, 1.165) is 5.56 Å². The fourth-order valence-electron chi connectivity index (χ4n) is 2.89. The number of amides is 1. The highest BCUT2D eigenvalue weighted by molar-refractivity contribution is 6.61. The number of carbonyl (C=O) groups is 1. The van der Waals surface area contributed by atoms with E-state index in [-0.39, 0.29) is 18.7 Å². The standard InChI is InChI=1S/C17H15BFNO5/c19-14-6-11-9-25-18(22)13(11)7-12(14)17(21)20-8-10-1-2-15-16(5-10)24-4-3-23-15/h1-2,5-7,22H,3-4,8-9H2,(H,20,21). The van der Waals surface area contributed by atoms with Gasteiger partial charge in [-0.25, -0.2) is 4.39 Å². The number of carbonyl (C=O) groups excluding carboxylic acids is 1. The van der Waals surface area contributed by atoms with Crippen LogP contribution in [-0.2, 0) is 17.8 Å². The third-order valence-corrected chi connectivity index (χ3v) is 4.20. The maximum Gasteiger partial charge on any atom is 0.491 e. The lowest BCUT2D eigenvalue weighted by Gasteiger charge is -2.19. The van der Waals surface area contributed by atoms with Crippen LogP contribution in [0.2, 0.25) is 0 Å².